The molecule has 2 aromatic heterocycles. The molecule has 24 heavy (non-hydrogen) atoms. The number of hydrogen-bond acceptors (Lipinski definition) is 6. The molecule has 7 heteroatoms. The number of hydrogen-bond donors (Lipinski definition) is 1. The molecule has 1 unspecified atom stereocenters. The van der Waals surface area contributed by atoms with Crippen molar-refractivity contribution in [3.05, 3.63) is 23.8 Å². The second-order valence-electron chi connectivity index (χ2n) is 6.70. The van der Waals surface area contributed by atoms with Crippen LogP contribution in [0.5, 0.6) is 0 Å². The van der Waals surface area contributed by atoms with Gasteiger partial charge in [-0.15, -0.1) is 11.3 Å². The molecule has 0 bridgehead atoms. The van der Waals surface area contributed by atoms with Crippen molar-refractivity contribution >= 4 is 17.0 Å². The molecule has 0 saturated carbocycles. The van der Waals surface area contributed by atoms with Crippen LogP contribution in [0, 0.1) is 0 Å². The number of nitrogens with one attached hydrogen (secondary N) is 1. The van der Waals surface area contributed by atoms with Crippen molar-refractivity contribution < 1.29 is 4.74 Å². The van der Waals surface area contributed by atoms with E-state index >= 15 is 0 Å². The molecular formula is C17H25N5OS. The summed E-state index contributed by atoms with van der Waals surface area (Å²) in [7, 11) is 2.20. The van der Waals surface area contributed by atoms with Gasteiger partial charge in [0.1, 0.15) is 0 Å². The van der Waals surface area contributed by atoms with Crippen molar-refractivity contribution in [2.45, 2.75) is 6.10 Å². The van der Waals surface area contributed by atoms with Crippen LogP contribution in [-0.4, -0.2) is 85.6 Å². The summed E-state index contributed by atoms with van der Waals surface area (Å²) in [6, 6.07) is 2.27. The van der Waals surface area contributed by atoms with Crippen molar-refractivity contribution in [1.29, 1.82) is 0 Å². The Labute approximate surface area is 147 Å². The highest BCUT2D eigenvalue weighted by atomic mass is 32.1. The summed E-state index contributed by atoms with van der Waals surface area (Å²) < 4.78 is 6.03. The number of nitrogens with zero attached hydrogens (tertiary/aromatic N) is 4. The Bertz CT molecular complexity index is 635. The Hall–Kier alpha value is -1.41. The normalized spacial score (nSPS) is 23.7. The Morgan fingerprint density at radius 2 is 2.17 bits per heavy atom. The molecular weight excluding hydrogens is 322 g/mol. The lowest BCUT2D eigenvalue weighted by molar-refractivity contribution is 0.00683. The number of ether oxygens (including phenoxy) is 1. The van der Waals surface area contributed by atoms with Crippen LogP contribution in [0.3, 0.4) is 0 Å². The number of piperazine rings is 1. The Morgan fingerprint density at radius 1 is 1.29 bits per heavy atom. The van der Waals surface area contributed by atoms with Crippen LogP contribution in [0.25, 0.3) is 10.4 Å². The largest absolute Gasteiger partial charge is 0.373 e. The highest BCUT2D eigenvalue weighted by Gasteiger charge is 2.25. The molecule has 0 spiro atoms. The minimum atomic E-state index is 0.305. The van der Waals surface area contributed by atoms with Crippen LogP contribution < -0.4 is 4.90 Å². The molecule has 0 aromatic carbocycles. The SMILES string of the molecule is CN1CCN(CC2CN(c3csc(-c4cn[nH]c4)c3)CCO2)CC1. The predicted molar refractivity (Wildman–Crippen MR) is 97.8 cm³/mol. The van der Waals surface area contributed by atoms with Crippen LogP contribution >= 0.6 is 11.3 Å². The van der Waals surface area contributed by atoms with Gasteiger partial charge in [-0.1, -0.05) is 0 Å². The average molecular weight is 347 g/mol. The van der Waals surface area contributed by atoms with E-state index in [4.69, 9.17) is 4.74 Å². The molecule has 130 valence electrons. The van der Waals surface area contributed by atoms with Gasteiger partial charge in [-0.2, -0.15) is 5.10 Å². The number of thiophene rings is 1. The smallest absolute Gasteiger partial charge is 0.0877 e. The van der Waals surface area contributed by atoms with Crippen LogP contribution in [0.1, 0.15) is 0 Å². The highest BCUT2D eigenvalue weighted by molar-refractivity contribution is 7.14. The minimum absolute atomic E-state index is 0.305. The third-order valence-electron chi connectivity index (χ3n) is 4.93. The van der Waals surface area contributed by atoms with Gasteiger partial charge >= 0.3 is 0 Å². The lowest BCUT2D eigenvalue weighted by atomic mass is 10.2. The molecule has 4 heterocycles. The molecule has 0 amide bonds. The van der Waals surface area contributed by atoms with Crippen LogP contribution in [0.15, 0.2) is 23.8 Å². The Kier molecular flexibility index (Phi) is 4.84. The number of rotatable bonds is 4. The van der Waals surface area contributed by atoms with Gasteiger partial charge in [0.25, 0.3) is 0 Å². The molecule has 4 rings (SSSR count). The van der Waals surface area contributed by atoms with Gasteiger partial charge in [0.2, 0.25) is 0 Å². The quantitative estimate of drug-likeness (QED) is 0.910. The lowest BCUT2D eigenvalue weighted by Crippen LogP contribution is -2.51. The molecule has 2 saturated heterocycles. The zero-order valence-corrected chi connectivity index (χ0v) is 15.0. The fraction of sp³-hybridized carbons (Fsp3) is 0.588. The van der Waals surface area contributed by atoms with Crippen LogP contribution in [0.4, 0.5) is 5.69 Å². The van der Waals surface area contributed by atoms with Gasteiger partial charge in [0.05, 0.1) is 18.9 Å². The zero-order valence-electron chi connectivity index (χ0n) is 14.1. The van der Waals surface area contributed by atoms with E-state index in [1.165, 1.54) is 10.6 Å². The summed E-state index contributed by atoms with van der Waals surface area (Å²) in [5, 5.41) is 9.18. The maximum Gasteiger partial charge on any atom is 0.0877 e. The van der Waals surface area contributed by atoms with Gasteiger partial charge in [-0.3, -0.25) is 10.00 Å². The first-order chi connectivity index (χ1) is 11.8. The summed E-state index contributed by atoms with van der Waals surface area (Å²) in [4.78, 5) is 8.66. The topological polar surface area (TPSA) is 47.6 Å². The predicted octanol–water partition coefficient (Wildman–Crippen LogP) is 1.59. The third-order valence-corrected chi connectivity index (χ3v) is 5.90. The monoisotopic (exact) mass is 347 g/mol. The van der Waals surface area contributed by atoms with Gasteiger partial charge in [-0.05, 0) is 13.1 Å². The minimum Gasteiger partial charge on any atom is -0.373 e. The van der Waals surface area contributed by atoms with Crippen LogP contribution in [-0.2, 0) is 4.74 Å². The first kappa shape index (κ1) is 16.1. The van der Waals surface area contributed by atoms with E-state index < -0.39 is 0 Å². The van der Waals surface area contributed by atoms with E-state index in [-0.39, 0.29) is 0 Å². The average Bonchev–Trinajstić information content (AvgIpc) is 3.28. The highest BCUT2D eigenvalue weighted by Crippen LogP contribution is 2.32. The van der Waals surface area contributed by atoms with E-state index in [0.29, 0.717) is 6.10 Å². The van der Waals surface area contributed by atoms with Crippen molar-refractivity contribution in [2.75, 3.05) is 64.4 Å². The van der Waals surface area contributed by atoms with Crippen molar-refractivity contribution in [3.8, 4) is 10.4 Å². The van der Waals surface area contributed by atoms with E-state index in [1.807, 2.05) is 12.4 Å². The zero-order chi connectivity index (χ0) is 16.4. The summed E-state index contributed by atoms with van der Waals surface area (Å²) in [6.45, 7) is 8.44. The van der Waals surface area contributed by atoms with E-state index in [1.54, 1.807) is 11.3 Å². The van der Waals surface area contributed by atoms with Gasteiger partial charge in [0.15, 0.2) is 0 Å². The lowest BCUT2D eigenvalue weighted by Gasteiger charge is -2.38. The van der Waals surface area contributed by atoms with E-state index in [0.717, 1.165) is 58.0 Å². The molecule has 2 aliphatic heterocycles. The van der Waals surface area contributed by atoms with Gasteiger partial charge in [-0.25, -0.2) is 0 Å². The van der Waals surface area contributed by atoms with Gasteiger partial charge < -0.3 is 14.5 Å². The van der Waals surface area contributed by atoms with Crippen molar-refractivity contribution in [1.82, 2.24) is 20.0 Å². The first-order valence-corrected chi connectivity index (χ1v) is 9.51. The standard InChI is InChI=1S/C17H25N5OS/c1-20-2-4-21(5-3-20)11-16-12-22(6-7-23-16)15-8-17(24-13-15)14-9-18-19-10-14/h8-10,13,16H,2-7,11-12H2,1H3,(H,18,19). The number of aromatic nitrogens is 2. The summed E-state index contributed by atoms with van der Waals surface area (Å²) in [6.07, 6.45) is 4.13. The fourth-order valence-corrected chi connectivity index (χ4v) is 4.31. The van der Waals surface area contributed by atoms with Gasteiger partial charge in [0, 0.05) is 73.5 Å². The molecule has 2 aliphatic rings. The number of H-pyrrole nitrogens is 1. The molecule has 1 N–H and O–H groups in total. The molecule has 0 radical (unpaired) electrons. The summed E-state index contributed by atoms with van der Waals surface area (Å²) >= 11 is 1.78. The number of anilines is 1. The molecule has 0 aliphatic carbocycles. The molecule has 2 aromatic rings. The molecule has 1 atom stereocenters. The maximum atomic E-state index is 6.03. The summed E-state index contributed by atoms with van der Waals surface area (Å²) in [5.74, 6) is 0. The Balaban J connectivity index is 1.36. The van der Waals surface area contributed by atoms with Crippen molar-refractivity contribution in [3.63, 3.8) is 0 Å². The van der Waals surface area contributed by atoms with E-state index in [9.17, 15) is 0 Å². The van der Waals surface area contributed by atoms with E-state index in [2.05, 4.69) is 43.4 Å². The second-order valence-corrected chi connectivity index (χ2v) is 7.61. The molecule has 6 nitrogen and oxygen atoms in total. The second kappa shape index (κ2) is 7.23. The first-order valence-electron chi connectivity index (χ1n) is 8.63. The number of likely N-dealkylation sites (N-methyl/N-ethyl adjacent to an activating group) is 1. The van der Waals surface area contributed by atoms with Crippen LogP contribution in [0.2, 0.25) is 0 Å². The number of aromatic amines is 1. The molecule has 2 fully saturated rings. The maximum absolute atomic E-state index is 6.03. The fourth-order valence-electron chi connectivity index (χ4n) is 3.41. The summed E-state index contributed by atoms with van der Waals surface area (Å²) in [5.41, 5.74) is 2.47. The third kappa shape index (κ3) is 3.64. The number of morpholine rings is 1. The Morgan fingerprint density at radius 3 is 2.96 bits per heavy atom. The van der Waals surface area contributed by atoms with Crippen molar-refractivity contribution in [2.24, 2.45) is 0 Å².